The highest BCUT2D eigenvalue weighted by molar-refractivity contribution is 7.80. The number of benzene rings is 3. The molecular formula is C22H13N3O5S. The molecule has 0 saturated heterocycles. The van der Waals surface area contributed by atoms with Crippen molar-refractivity contribution in [3.8, 4) is 0 Å². The van der Waals surface area contributed by atoms with Gasteiger partial charge in [-0.05, 0) is 42.5 Å². The zero-order valence-electron chi connectivity index (χ0n) is 15.7. The van der Waals surface area contributed by atoms with E-state index < -0.39 is 10.8 Å². The number of nitro groups is 1. The SMILES string of the molecule is O=C(NC(=S)Nc1ccc2c(c1)C(=O)c1ccccc1C2=O)c1ccc([N+](=O)[O-])cc1. The second-order valence-electron chi connectivity index (χ2n) is 6.68. The van der Waals surface area contributed by atoms with Crippen molar-refractivity contribution in [1.82, 2.24) is 5.32 Å². The van der Waals surface area contributed by atoms with Crippen LogP contribution in [-0.2, 0) is 0 Å². The van der Waals surface area contributed by atoms with Gasteiger partial charge >= 0.3 is 0 Å². The molecule has 2 N–H and O–H groups in total. The number of amides is 1. The van der Waals surface area contributed by atoms with Gasteiger partial charge in [-0.1, -0.05) is 24.3 Å². The van der Waals surface area contributed by atoms with Gasteiger partial charge in [0.1, 0.15) is 0 Å². The molecule has 0 aliphatic heterocycles. The molecule has 0 fully saturated rings. The summed E-state index contributed by atoms with van der Waals surface area (Å²) in [5, 5.41) is 16.0. The van der Waals surface area contributed by atoms with Crippen LogP contribution in [0.5, 0.6) is 0 Å². The fourth-order valence-corrected chi connectivity index (χ4v) is 3.46. The van der Waals surface area contributed by atoms with Crippen molar-refractivity contribution >= 4 is 46.2 Å². The summed E-state index contributed by atoms with van der Waals surface area (Å²) in [6.07, 6.45) is 0. The first-order valence-electron chi connectivity index (χ1n) is 9.04. The van der Waals surface area contributed by atoms with Crippen LogP contribution in [-0.4, -0.2) is 27.5 Å². The number of carbonyl (C=O) groups excluding carboxylic acids is 3. The number of carbonyl (C=O) groups is 3. The number of thiocarbonyl (C=S) groups is 1. The topological polar surface area (TPSA) is 118 Å². The highest BCUT2D eigenvalue weighted by atomic mass is 32.1. The van der Waals surface area contributed by atoms with Gasteiger partial charge in [0.2, 0.25) is 0 Å². The van der Waals surface area contributed by atoms with E-state index in [0.717, 1.165) is 0 Å². The second kappa shape index (κ2) is 7.88. The predicted octanol–water partition coefficient (Wildman–Crippen LogP) is 3.50. The maximum atomic E-state index is 12.8. The number of anilines is 1. The summed E-state index contributed by atoms with van der Waals surface area (Å²) in [6.45, 7) is 0. The minimum absolute atomic E-state index is 0.0294. The van der Waals surface area contributed by atoms with Gasteiger partial charge < -0.3 is 5.32 Å². The van der Waals surface area contributed by atoms with Crippen molar-refractivity contribution in [2.24, 2.45) is 0 Å². The van der Waals surface area contributed by atoms with Crippen molar-refractivity contribution < 1.29 is 19.3 Å². The number of rotatable bonds is 3. The van der Waals surface area contributed by atoms with Gasteiger partial charge in [-0.15, -0.1) is 0 Å². The molecule has 3 aromatic carbocycles. The molecule has 0 heterocycles. The van der Waals surface area contributed by atoms with Crippen LogP contribution in [0.3, 0.4) is 0 Å². The van der Waals surface area contributed by atoms with Crippen molar-refractivity contribution in [1.29, 1.82) is 0 Å². The Kier molecular flexibility index (Phi) is 5.10. The van der Waals surface area contributed by atoms with Crippen molar-refractivity contribution in [3.63, 3.8) is 0 Å². The summed E-state index contributed by atoms with van der Waals surface area (Å²) in [6, 6.07) is 16.3. The number of nitrogens with zero attached hydrogens (tertiary/aromatic N) is 1. The highest BCUT2D eigenvalue weighted by Crippen LogP contribution is 2.29. The van der Waals surface area contributed by atoms with Crippen LogP contribution in [0.25, 0.3) is 0 Å². The molecule has 31 heavy (non-hydrogen) atoms. The van der Waals surface area contributed by atoms with E-state index in [1.807, 2.05) is 0 Å². The molecule has 8 nitrogen and oxygen atoms in total. The van der Waals surface area contributed by atoms with Crippen LogP contribution in [0.4, 0.5) is 11.4 Å². The third kappa shape index (κ3) is 3.81. The lowest BCUT2D eigenvalue weighted by Gasteiger charge is -2.18. The molecule has 0 unspecified atom stereocenters. The molecule has 0 bridgehead atoms. The summed E-state index contributed by atoms with van der Waals surface area (Å²) < 4.78 is 0. The Balaban J connectivity index is 1.49. The zero-order valence-corrected chi connectivity index (χ0v) is 16.6. The van der Waals surface area contributed by atoms with E-state index in [9.17, 15) is 24.5 Å². The number of non-ortho nitro benzene ring substituents is 1. The van der Waals surface area contributed by atoms with Gasteiger partial charge in [0.15, 0.2) is 16.7 Å². The van der Waals surface area contributed by atoms with Gasteiger partial charge in [-0.2, -0.15) is 0 Å². The third-order valence-corrected chi connectivity index (χ3v) is 4.95. The minimum atomic E-state index is -0.561. The molecule has 0 aromatic heterocycles. The summed E-state index contributed by atoms with van der Waals surface area (Å²) in [4.78, 5) is 47.9. The first-order valence-corrected chi connectivity index (χ1v) is 9.45. The van der Waals surface area contributed by atoms with E-state index in [-0.39, 0.29) is 33.5 Å². The molecule has 3 aromatic rings. The fourth-order valence-electron chi connectivity index (χ4n) is 3.25. The Labute approximate surface area is 181 Å². The Hall–Kier alpha value is -4.24. The average Bonchev–Trinajstić information content (AvgIpc) is 2.77. The largest absolute Gasteiger partial charge is 0.332 e. The summed E-state index contributed by atoms with van der Waals surface area (Å²) in [7, 11) is 0. The molecule has 0 saturated carbocycles. The number of fused-ring (bicyclic) bond motifs is 2. The van der Waals surface area contributed by atoms with E-state index in [0.29, 0.717) is 22.4 Å². The lowest BCUT2D eigenvalue weighted by atomic mass is 9.84. The molecule has 1 aliphatic carbocycles. The minimum Gasteiger partial charge on any atom is -0.332 e. The number of nitro benzene ring substituents is 1. The number of nitrogens with one attached hydrogen (secondary N) is 2. The maximum Gasteiger partial charge on any atom is 0.269 e. The van der Waals surface area contributed by atoms with E-state index in [1.165, 1.54) is 36.4 Å². The van der Waals surface area contributed by atoms with Crippen LogP contribution in [0.2, 0.25) is 0 Å². The van der Waals surface area contributed by atoms with Gasteiger partial charge in [0.25, 0.3) is 11.6 Å². The van der Waals surface area contributed by atoms with Crippen molar-refractivity contribution in [3.05, 3.63) is 105 Å². The molecule has 152 valence electrons. The van der Waals surface area contributed by atoms with Gasteiger partial charge in [-0.25, -0.2) is 0 Å². The normalized spacial score (nSPS) is 11.9. The van der Waals surface area contributed by atoms with Crippen molar-refractivity contribution in [2.45, 2.75) is 0 Å². The zero-order chi connectivity index (χ0) is 22.1. The molecule has 4 rings (SSSR count). The van der Waals surface area contributed by atoms with Crippen LogP contribution >= 0.6 is 12.2 Å². The van der Waals surface area contributed by atoms with E-state index in [4.69, 9.17) is 12.2 Å². The summed E-state index contributed by atoms with van der Waals surface area (Å²) in [5.41, 5.74) is 1.74. The Morgan fingerprint density at radius 3 is 2.03 bits per heavy atom. The van der Waals surface area contributed by atoms with Crippen LogP contribution in [0.15, 0.2) is 66.7 Å². The van der Waals surface area contributed by atoms with Crippen LogP contribution in [0.1, 0.15) is 42.2 Å². The van der Waals surface area contributed by atoms with Gasteiger partial charge in [0, 0.05) is 45.6 Å². The number of ketones is 2. The fraction of sp³-hybridized carbons (Fsp3) is 0. The monoisotopic (exact) mass is 431 g/mol. The molecule has 1 amide bonds. The smallest absolute Gasteiger partial charge is 0.269 e. The van der Waals surface area contributed by atoms with E-state index in [1.54, 1.807) is 30.3 Å². The van der Waals surface area contributed by atoms with Crippen molar-refractivity contribution in [2.75, 3.05) is 5.32 Å². The molecule has 0 atom stereocenters. The average molecular weight is 431 g/mol. The maximum absolute atomic E-state index is 12.8. The quantitative estimate of drug-likeness (QED) is 0.289. The van der Waals surface area contributed by atoms with Gasteiger partial charge in [-0.3, -0.25) is 29.8 Å². The summed E-state index contributed by atoms with van der Waals surface area (Å²) >= 11 is 5.15. The molecule has 0 spiro atoms. The lowest BCUT2D eigenvalue weighted by molar-refractivity contribution is -0.384. The standard InChI is InChI=1S/C22H13N3O5S/c26-19-15-3-1-2-4-16(15)20(27)18-11-13(7-10-17(18)19)23-22(31)24-21(28)12-5-8-14(9-6-12)25(29)30/h1-11H,(H2,23,24,28,31). The molecule has 9 heteroatoms. The second-order valence-corrected chi connectivity index (χ2v) is 7.08. The Morgan fingerprint density at radius 2 is 1.42 bits per heavy atom. The molecular weight excluding hydrogens is 418 g/mol. The van der Waals surface area contributed by atoms with E-state index >= 15 is 0 Å². The lowest BCUT2D eigenvalue weighted by Crippen LogP contribution is -2.34. The summed E-state index contributed by atoms with van der Waals surface area (Å²) in [5.74, 6) is -1.05. The third-order valence-electron chi connectivity index (χ3n) is 4.75. The van der Waals surface area contributed by atoms with Crippen LogP contribution in [0, 0.1) is 10.1 Å². The van der Waals surface area contributed by atoms with E-state index in [2.05, 4.69) is 10.6 Å². The number of hydrogen-bond donors (Lipinski definition) is 2. The first-order chi connectivity index (χ1) is 14.8. The Bertz CT molecular complexity index is 1280. The highest BCUT2D eigenvalue weighted by Gasteiger charge is 2.29. The predicted molar refractivity (Wildman–Crippen MR) is 117 cm³/mol. The van der Waals surface area contributed by atoms with Crippen LogP contribution < -0.4 is 10.6 Å². The van der Waals surface area contributed by atoms with Gasteiger partial charge in [0.05, 0.1) is 4.92 Å². The molecule has 0 radical (unpaired) electrons. The Morgan fingerprint density at radius 1 is 0.839 bits per heavy atom. The molecule has 1 aliphatic rings. The number of hydrogen-bond acceptors (Lipinski definition) is 6. The first kappa shape index (κ1) is 20.0.